The Morgan fingerprint density at radius 2 is 1.94 bits per heavy atom. The number of hydrogen-bond acceptors (Lipinski definition) is 1. The first kappa shape index (κ1) is 13.4. The van der Waals surface area contributed by atoms with Crippen molar-refractivity contribution in [1.82, 2.24) is 9.78 Å². The molecule has 0 saturated heterocycles. The third kappa shape index (κ3) is 2.24. The molecule has 0 bridgehead atoms. The molecule has 0 saturated carbocycles. The number of para-hydroxylation sites is 1. The Morgan fingerprint density at radius 3 is 2.50 bits per heavy atom. The summed E-state index contributed by atoms with van der Waals surface area (Å²) in [5.74, 6) is -0.886. The van der Waals surface area contributed by atoms with E-state index in [1.807, 2.05) is 0 Å². The molecule has 0 radical (unpaired) electrons. The quantitative estimate of drug-likeness (QED) is 0.700. The third-order valence-electron chi connectivity index (χ3n) is 2.14. The van der Waals surface area contributed by atoms with Crippen molar-refractivity contribution < 1.29 is 17.6 Å². The molecule has 2 rings (SSSR count). The van der Waals surface area contributed by atoms with Crippen LogP contribution in [0.4, 0.5) is 17.6 Å². The van der Waals surface area contributed by atoms with Crippen LogP contribution in [0, 0.1) is 5.82 Å². The first-order chi connectivity index (χ1) is 8.32. The number of halogens is 6. The van der Waals surface area contributed by atoms with Crippen molar-refractivity contribution in [2.45, 2.75) is 6.18 Å². The predicted octanol–water partition coefficient (Wildman–Crippen LogP) is 4.45. The van der Waals surface area contributed by atoms with Crippen LogP contribution >= 0.6 is 27.5 Å². The van der Waals surface area contributed by atoms with Gasteiger partial charge < -0.3 is 0 Å². The molecule has 0 unspecified atom stereocenters. The van der Waals surface area contributed by atoms with E-state index >= 15 is 0 Å². The van der Waals surface area contributed by atoms with Crippen LogP contribution in [0.1, 0.15) is 5.69 Å². The number of benzene rings is 1. The van der Waals surface area contributed by atoms with Gasteiger partial charge in [-0.15, -0.1) is 0 Å². The largest absolute Gasteiger partial charge is 0.434 e. The zero-order valence-corrected chi connectivity index (χ0v) is 10.8. The van der Waals surface area contributed by atoms with Gasteiger partial charge in [-0.3, -0.25) is 0 Å². The van der Waals surface area contributed by atoms with Crippen LogP contribution in [0.2, 0.25) is 5.02 Å². The van der Waals surface area contributed by atoms with Gasteiger partial charge in [0.25, 0.3) is 0 Å². The Balaban J connectivity index is 2.74. The van der Waals surface area contributed by atoms with Crippen molar-refractivity contribution in [2.75, 3.05) is 0 Å². The lowest BCUT2D eigenvalue weighted by Crippen LogP contribution is -2.15. The summed E-state index contributed by atoms with van der Waals surface area (Å²) in [5.41, 5.74) is -1.55. The molecule has 18 heavy (non-hydrogen) atoms. The second-order valence-corrected chi connectivity index (χ2v) is 4.58. The minimum Gasteiger partial charge on any atom is -0.223 e. The Bertz CT molecular complexity index is 574. The maximum absolute atomic E-state index is 13.6. The second-order valence-electron chi connectivity index (χ2n) is 3.32. The highest BCUT2D eigenvalue weighted by Crippen LogP contribution is 2.37. The van der Waals surface area contributed by atoms with Crippen LogP contribution in [0.25, 0.3) is 5.69 Å². The van der Waals surface area contributed by atoms with E-state index in [4.69, 9.17) is 11.6 Å². The molecule has 0 aliphatic carbocycles. The van der Waals surface area contributed by atoms with Gasteiger partial charge >= 0.3 is 6.18 Å². The summed E-state index contributed by atoms with van der Waals surface area (Å²) in [6.45, 7) is 0. The zero-order valence-electron chi connectivity index (χ0n) is 8.47. The number of nitrogens with zero attached hydrogens (tertiary/aromatic N) is 2. The van der Waals surface area contributed by atoms with E-state index in [0.717, 1.165) is 12.3 Å². The van der Waals surface area contributed by atoms with Crippen LogP contribution in [-0.2, 0) is 6.18 Å². The number of alkyl halides is 3. The average molecular weight is 344 g/mol. The molecule has 0 atom stereocenters. The van der Waals surface area contributed by atoms with Gasteiger partial charge in [0.2, 0.25) is 0 Å². The molecule has 2 aromatic rings. The van der Waals surface area contributed by atoms with Gasteiger partial charge in [0.1, 0.15) is 11.5 Å². The molecule has 0 aliphatic heterocycles. The van der Waals surface area contributed by atoms with Crippen molar-refractivity contribution in [2.24, 2.45) is 0 Å². The van der Waals surface area contributed by atoms with E-state index in [2.05, 4.69) is 21.0 Å². The van der Waals surface area contributed by atoms with Crippen LogP contribution in [0.15, 0.2) is 28.9 Å². The van der Waals surface area contributed by atoms with Gasteiger partial charge in [-0.05, 0) is 28.1 Å². The Labute approximate surface area is 112 Å². The van der Waals surface area contributed by atoms with E-state index in [9.17, 15) is 17.6 Å². The van der Waals surface area contributed by atoms with Crippen molar-refractivity contribution in [3.8, 4) is 5.69 Å². The second kappa shape index (κ2) is 4.55. The summed E-state index contributed by atoms with van der Waals surface area (Å²) in [5, 5.41) is 3.34. The molecule has 0 fully saturated rings. The Hall–Kier alpha value is -1.08. The van der Waals surface area contributed by atoms with Crippen LogP contribution in [-0.4, -0.2) is 9.78 Å². The summed E-state index contributed by atoms with van der Waals surface area (Å²) in [6, 6.07) is 3.60. The highest BCUT2D eigenvalue weighted by Gasteiger charge is 2.39. The van der Waals surface area contributed by atoms with Crippen molar-refractivity contribution in [3.05, 3.63) is 45.4 Å². The zero-order chi connectivity index (χ0) is 13.5. The van der Waals surface area contributed by atoms with Gasteiger partial charge in [-0.2, -0.15) is 18.3 Å². The van der Waals surface area contributed by atoms with Crippen molar-refractivity contribution in [1.29, 1.82) is 0 Å². The molecule has 96 valence electrons. The van der Waals surface area contributed by atoms with E-state index in [1.54, 1.807) is 0 Å². The monoisotopic (exact) mass is 342 g/mol. The fourth-order valence-corrected chi connectivity index (χ4v) is 2.17. The van der Waals surface area contributed by atoms with E-state index < -0.39 is 23.4 Å². The SMILES string of the molecule is Fc1cccc(Cl)c1-n1ncc(Br)c1C(F)(F)F. The summed E-state index contributed by atoms with van der Waals surface area (Å²) >= 11 is 8.44. The summed E-state index contributed by atoms with van der Waals surface area (Å²) in [6.07, 6.45) is -3.74. The van der Waals surface area contributed by atoms with Gasteiger partial charge in [0, 0.05) is 0 Å². The van der Waals surface area contributed by atoms with Crippen LogP contribution in [0.3, 0.4) is 0 Å². The van der Waals surface area contributed by atoms with Gasteiger partial charge in [-0.25, -0.2) is 9.07 Å². The molecule has 0 N–H and O–H groups in total. The minimum absolute atomic E-state index is 0.156. The standard InChI is InChI=1S/C10H4BrClF4N2/c11-5-4-17-18(9(5)10(14,15)16)8-6(12)2-1-3-7(8)13/h1-4H. The first-order valence-corrected chi connectivity index (χ1v) is 5.74. The summed E-state index contributed by atoms with van der Waals surface area (Å²) in [7, 11) is 0. The van der Waals surface area contributed by atoms with Crippen LogP contribution in [0.5, 0.6) is 0 Å². The molecular weight excluding hydrogens is 339 g/mol. The van der Waals surface area contributed by atoms with Crippen molar-refractivity contribution >= 4 is 27.5 Å². The molecule has 0 spiro atoms. The molecule has 1 heterocycles. The maximum atomic E-state index is 13.6. The lowest BCUT2D eigenvalue weighted by Gasteiger charge is -2.12. The molecule has 1 aromatic carbocycles. The summed E-state index contributed by atoms with van der Waals surface area (Å²) in [4.78, 5) is 0. The van der Waals surface area contributed by atoms with Gasteiger partial charge in [0.15, 0.2) is 5.69 Å². The van der Waals surface area contributed by atoms with Gasteiger partial charge in [0.05, 0.1) is 15.7 Å². The normalized spacial score (nSPS) is 11.9. The molecular formula is C10H4BrClF4N2. The molecule has 0 amide bonds. The predicted molar refractivity (Wildman–Crippen MR) is 61.2 cm³/mol. The Kier molecular flexibility index (Phi) is 3.37. The van der Waals surface area contributed by atoms with Gasteiger partial charge in [-0.1, -0.05) is 17.7 Å². The molecule has 8 heteroatoms. The topological polar surface area (TPSA) is 17.8 Å². The van der Waals surface area contributed by atoms with E-state index in [1.165, 1.54) is 12.1 Å². The number of rotatable bonds is 1. The average Bonchev–Trinajstić information content (AvgIpc) is 2.59. The molecule has 2 nitrogen and oxygen atoms in total. The Morgan fingerprint density at radius 1 is 1.28 bits per heavy atom. The molecule has 1 aromatic heterocycles. The number of hydrogen-bond donors (Lipinski definition) is 0. The highest BCUT2D eigenvalue weighted by molar-refractivity contribution is 9.10. The van der Waals surface area contributed by atoms with E-state index in [0.29, 0.717) is 4.68 Å². The van der Waals surface area contributed by atoms with E-state index in [-0.39, 0.29) is 9.50 Å². The first-order valence-electron chi connectivity index (χ1n) is 4.57. The third-order valence-corrected chi connectivity index (χ3v) is 3.03. The highest BCUT2D eigenvalue weighted by atomic mass is 79.9. The fraction of sp³-hybridized carbons (Fsp3) is 0.100. The minimum atomic E-state index is -4.68. The lowest BCUT2D eigenvalue weighted by atomic mass is 10.3. The van der Waals surface area contributed by atoms with Crippen molar-refractivity contribution in [3.63, 3.8) is 0 Å². The summed E-state index contributed by atoms with van der Waals surface area (Å²) < 4.78 is 52.2. The maximum Gasteiger partial charge on any atom is 0.434 e. The molecule has 0 aliphatic rings. The van der Waals surface area contributed by atoms with Crippen LogP contribution < -0.4 is 0 Å². The fourth-order valence-electron chi connectivity index (χ4n) is 1.44. The number of aromatic nitrogens is 2. The lowest BCUT2D eigenvalue weighted by molar-refractivity contribution is -0.143. The smallest absolute Gasteiger partial charge is 0.223 e.